The van der Waals surface area contributed by atoms with E-state index in [1.807, 2.05) is 0 Å². The summed E-state index contributed by atoms with van der Waals surface area (Å²) in [7, 11) is 1.56. The quantitative estimate of drug-likeness (QED) is 0.621. The van der Waals surface area contributed by atoms with E-state index in [9.17, 15) is 5.11 Å². The molecule has 0 aliphatic rings. The number of rotatable bonds is 1. The minimum atomic E-state index is 0.169. The van der Waals surface area contributed by atoms with Gasteiger partial charge in [-0.3, -0.25) is 0 Å². The summed E-state index contributed by atoms with van der Waals surface area (Å²) in [6.07, 6.45) is 0. The molecule has 1 aromatic carbocycles. The Hall–Kier alpha value is -1.66. The summed E-state index contributed by atoms with van der Waals surface area (Å²) in [6, 6.07) is 4.75. The SMILES string of the molecule is COc1ccc(O)cc1C#CCN. The third kappa shape index (κ3) is 2.39. The average Bonchev–Trinajstić information content (AvgIpc) is 2.15. The van der Waals surface area contributed by atoms with E-state index in [0.29, 0.717) is 17.9 Å². The van der Waals surface area contributed by atoms with E-state index >= 15 is 0 Å². The lowest BCUT2D eigenvalue weighted by molar-refractivity contribution is 0.411. The van der Waals surface area contributed by atoms with Crippen molar-refractivity contribution in [2.24, 2.45) is 5.73 Å². The van der Waals surface area contributed by atoms with Crippen LogP contribution < -0.4 is 10.5 Å². The number of phenols is 1. The molecule has 0 unspecified atom stereocenters. The highest BCUT2D eigenvalue weighted by molar-refractivity contribution is 5.49. The molecule has 3 heteroatoms. The number of methoxy groups -OCH3 is 1. The van der Waals surface area contributed by atoms with Crippen molar-refractivity contribution in [2.45, 2.75) is 0 Å². The van der Waals surface area contributed by atoms with Crippen molar-refractivity contribution in [2.75, 3.05) is 13.7 Å². The topological polar surface area (TPSA) is 55.5 Å². The largest absolute Gasteiger partial charge is 0.508 e. The zero-order valence-corrected chi connectivity index (χ0v) is 7.37. The second-order valence-electron chi connectivity index (χ2n) is 2.39. The monoisotopic (exact) mass is 177 g/mol. The van der Waals surface area contributed by atoms with Crippen molar-refractivity contribution in [3.8, 4) is 23.3 Å². The van der Waals surface area contributed by atoms with Crippen molar-refractivity contribution in [3.05, 3.63) is 23.8 Å². The molecule has 0 saturated carbocycles. The maximum Gasteiger partial charge on any atom is 0.134 e. The van der Waals surface area contributed by atoms with Gasteiger partial charge in [-0.25, -0.2) is 0 Å². The van der Waals surface area contributed by atoms with Crippen LogP contribution in [0.1, 0.15) is 5.56 Å². The molecule has 0 aliphatic carbocycles. The number of benzene rings is 1. The molecule has 1 aromatic rings. The Morgan fingerprint density at radius 3 is 2.92 bits per heavy atom. The highest BCUT2D eigenvalue weighted by Gasteiger charge is 1.99. The highest BCUT2D eigenvalue weighted by atomic mass is 16.5. The van der Waals surface area contributed by atoms with Crippen LogP contribution in [0.15, 0.2) is 18.2 Å². The van der Waals surface area contributed by atoms with Crippen molar-refractivity contribution >= 4 is 0 Å². The van der Waals surface area contributed by atoms with Crippen LogP contribution in [0, 0.1) is 11.8 Å². The summed E-state index contributed by atoms with van der Waals surface area (Å²) in [6.45, 7) is 0.290. The van der Waals surface area contributed by atoms with Gasteiger partial charge in [0, 0.05) is 0 Å². The molecule has 3 N–H and O–H groups in total. The highest BCUT2D eigenvalue weighted by Crippen LogP contribution is 2.21. The molecule has 0 heterocycles. The standard InChI is InChI=1S/C10H11NO2/c1-13-10-5-4-9(12)7-8(10)3-2-6-11/h4-5,7,12H,6,11H2,1H3. The first-order chi connectivity index (χ1) is 6.27. The molecule has 1 rings (SSSR count). The second kappa shape index (κ2) is 4.39. The summed E-state index contributed by atoms with van der Waals surface area (Å²) in [4.78, 5) is 0. The molecule has 0 aliphatic heterocycles. The van der Waals surface area contributed by atoms with Crippen molar-refractivity contribution in [1.29, 1.82) is 0 Å². The first kappa shape index (κ1) is 9.43. The number of phenolic OH excluding ortho intramolecular Hbond substituents is 1. The Bertz CT molecular complexity index is 350. The van der Waals surface area contributed by atoms with E-state index in [0.717, 1.165) is 0 Å². The van der Waals surface area contributed by atoms with Crippen molar-refractivity contribution in [3.63, 3.8) is 0 Å². The van der Waals surface area contributed by atoms with E-state index in [1.54, 1.807) is 25.3 Å². The molecule has 0 bridgehead atoms. The van der Waals surface area contributed by atoms with Gasteiger partial charge in [0.1, 0.15) is 11.5 Å². The number of aromatic hydroxyl groups is 1. The van der Waals surface area contributed by atoms with Crippen LogP contribution in [0.3, 0.4) is 0 Å². The van der Waals surface area contributed by atoms with Gasteiger partial charge in [0.2, 0.25) is 0 Å². The van der Waals surface area contributed by atoms with Gasteiger partial charge in [0.15, 0.2) is 0 Å². The fourth-order valence-electron chi connectivity index (χ4n) is 0.940. The average molecular weight is 177 g/mol. The fraction of sp³-hybridized carbons (Fsp3) is 0.200. The minimum absolute atomic E-state index is 0.169. The summed E-state index contributed by atoms with van der Waals surface area (Å²) in [5, 5.41) is 9.18. The van der Waals surface area contributed by atoms with Crippen LogP contribution in [0.25, 0.3) is 0 Å². The van der Waals surface area contributed by atoms with E-state index in [4.69, 9.17) is 10.5 Å². The van der Waals surface area contributed by atoms with Crippen LogP contribution in [-0.2, 0) is 0 Å². The molecule has 0 radical (unpaired) electrons. The third-order valence-electron chi connectivity index (χ3n) is 1.51. The zero-order chi connectivity index (χ0) is 9.68. The molecule has 68 valence electrons. The van der Waals surface area contributed by atoms with Gasteiger partial charge in [-0.05, 0) is 18.2 Å². The molecule has 0 saturated heterocycles. The number of nitrogens with two attached hydrogens (primary N) is 1. The number of ether oxygens (including phenoxy) is 1. The van der Waals surface area contributed by atoms with Crippen LogP contribution in [0.4, 0.5) is 0 Å². The Morgan fingerprint density at radius 2 is 2.31 bits per heavy atom. The molecule has 0 fully saturated rings. The molecule has 0 aromatic heterocycles. The van der Waals surface area contributed by atoms with E-state index in [-0.39, 0.29) is 5.75 Å². The minimum Gasteiger partial charge on any atom is -0.508 e. The van der Waals surface area contributed by atoms with E-state index < -0.39 is 0 Å². The Morgan fingerprint density at radius 1 is 1.54 bits per heavy atom. The van der Waals surface area contributed by atoms with Gasteiger partial charge in [0.05, 0.1) is 19.2 Å². The molecule has 0 atom stereocenters. The molecule has 13 heavy (non-hydrogen) atoms. The molecule has 3 nitrogen and oxygen atoms in total. The Kier molecular flexibility index (Phi) is 3.18. The lowest BCUT2D eigenvalue weighted by Gasteiger charge is -2.02. The summed E-state index contributed by atoms with van der Waals surface area (Å²) in [5.41, 5.74) is 5.88. The predicted octanol–water partition coefficient (Wildman–Crippen LogP) is 0.711. The van der Waals surface area contributed by atoms with Crippen molar-refractivity contribution < 1.29 is 9.84 Å². The number of hydrogen-bond donors (Lipinski definition) is 2. The van der Waals surface area contributed by atoms with Crippen LogP contribution >= 0.6 is 0 Å². The summed E-state index contributed by atoms with van der Waals surface area (Å²) < 4.78 is 5.04. The third-order valence-corrected chi connectivity index (χ3v) is 1.51. The van der Waals surface area contributed by atoms with Crippen LogP contribution in [0.2, 0.25) is 0 Å². The van der Waals surface area contributed by atoms with Gasteiger partial charge in [-0.1, -0.05) is 11.8 Å². The number of hydrogen-bond acceptors (Lipinski definition) is 3. The Balaban J connectivity index is 3.08. The van der Waals surface area contributed by atoms with E-state index in [2.05, 4.69) is 11.8 Å². The van der Waals surface area contributed by atoms with Crippen LogP contribution in [0.5, 0.6) is 11.5 Å². The fourth-order valence-corrected chi connectivity index (χ4v) is 0.940. The lowest BCUT2D eigenvalue weighted by Crippen LogP contribution is -1.93. The van der Waals surface area contributed by atoms with E-state index in [1.165, 1.54) is 0 Å². The molecule has 0 amide bonds. The van der Waals surface area contributed by atoms with Crippen LogP contribution in [-0.4, -0.2) is 18.8 Å². The Labute approximate surface area is 77.1 Å². The van der Waals surface area contributed by atoms with Gasteiger partial charge >= 0.3 is 0 Å². The first-order valence-corrected chi connectivity index (χ1v) is 3.84. The molecule has 0 spiro atoms. The molecular weight excluding hydrogens is 166 g/mol. The van der Waals surface area contributed by atoms with Gasteiger partial charge in [-0.15, -0.1) is 0 Å². The summed E-state index contributed by atoms with van der Waals surface area (Å²) >= 11 is 0. The predicted molar refractivity (Wildman–Crippen MR) is 50.6 cm³/mol. The maximum absolute atomic E-state index is 9.18. The maximum atomic E-state index is 9.18. The zero-order valence-electron chi connectivity index (χ0n) is 7.37. The summed E-state index contributed by atoms with van der Waals surface area (Å²) in [5.74, 6) is 6.30. The second-order valence-corrected chi connectivity index (χ2v) is 2.39. The molecular formula is C10H11NO2. The van der Waals surface area contributed by atoms with Gasteiger partial charge in [-0.2, -0.15) is 0 Å². The van der Waals surface area contributed by atoms with Crippen molar-refractivity contribution in [1.82, 2.24) is 0 Å². The van der Waals surface area contributed by atoms with Gasteiger partial charge < -0.3 is 15.6 Å². The first-order valence-electron chi connectivity index (χ1n) is 3.84. The smallest absolute Gasteiger partial charge is 0.134 e. The van der Waals surface area contributed by atoms with Gasteiger partial charge in [0.25, 0.3) is 0 Å². The lowest BCUT2D eigenvalue weighted by atomic mass is 10.2. The normalized spacial score (nSPS) is 8.77.